The summed E-state index contributed by atoms with van der Waals surface area (Å²) in [5.74, 6) is -1.75. The third-order valence-corrected chi connectivity index (χ3v) is 6.62. The maximum absolute atomic E-state index is 12.4. The van der Waals surface area contributed by atoms with Gasteiger partial charge in [0.25, 0.3) is 5.91 Å². The Morgan fingerprint density at radius 1 is 1.16 bits per heavy atom. The van der Waals surface area contributed by atoms with Crippen LogP contribution in [0.3, 0.4) is 0 Å². The smallest absolute Gasteiger partial charge is 0.271 e. The van der Waals surface area contributed by atoms with E-state index in [1.54, 1.807) is 18.3 Å². The third-order valence-electron chi connectivity index (χ3n) is 6.07. The normalized spacial score (nSPS) is 14.7. The van der Waals surface area contributed by atoms with Crippen molar-refractivity contribution in [1.29, 1.82) is 5.26 Å². The lowest BCUT2D eigenvalue weighted by Crippen LogP contribution is -2.33. The molecular formula is C27H20Cl2N4O4. The zero-order valence-electron chi connectivity index (χ0n) is 19.3. The van der Waals surface area contributed by atoms with Gasteiger partial charge in [0.1, 0.15) is 11.8 Å². The van der Waals surface area contributed by atoms with E-state index in [0.717, 1.165) is 16.5 Å². The van der Waals surface area contributed by atoms with Gasteiger partial charge in [-0.15, -0.1) is 0 Å². The maximum atomic E-state index is 12.4. The van der Waals surface area contributed by atoms with E-state index in [9.17, 15) is 9.90 Å². The number of halogens is 2. The van der Waals surface area contributed by atoms with E-state index in [4.69, 9.17) is 37.9 Å². The number of fused-ring (bicyclic) bond motifs is 1. The number of nitrogens with zero attached hydrogens (tertiary/aromatic N) is 3. The number of carbonyl (C=O) groups is 1. The Morgan fingerprint density at radius 3 is 2.73 bits per heavy atom. The Bertz CT molecular complexity index is 1570. The van der Waals surface area contributed by atoms with Gasteiger partial charge in [0.05, 0.1) is 36.6 Å². The Morgan fingerprint density at radius 2 is 1.97 bits per heavy atom. The summed E-state index contributed by atoms with van der Waals surface area (Å²) < 4.78 is 14.2. The zero-order valence-corrected chi connectivity index (χ0v) is 20.8. The molecule has 2 heterocycles. The van der Waals surface area contributed by atoms with Gasteiger partial charge >= 0.3 is 0 Å². The Labute approximate surface area is 222 Å². The maximum Gasteiger partial charge on any atom is 0.271 e. The SMILES string of the molecule is N#Cc1cc(C(=O)N/N=C/c2cccc3c2ccn3CC2(c3ccc(Cl)cc3Cl)OCCO2)ccc1O. The van der Waals surface area contributed by atoms with E-state index < -0.39 is 11.7 Å². The molecule has 2 N–H and O–H groups in total. The van der Waals surface area contributed by atoms with Crippen LogP contribution in [-0.4, -0.2) is 35.0 Å². The molecule has 0 radical (unpaired) electrons. The molecule has 1 aliphatic heterocycles. The number of benzene rings is 3. The van der Waals surface area contributed by atoms with Gasteiger partial charge in [0, 0.05) is 38.8 Å². The molecule has 0 saturated carbocycles. The van der Waals surface area contributed by atoms with Gasteiger partial charge in [0.2, 0.25) is 5.79 Å². The molecule has 0 atom stereocenters. The number of nitriles is 1. The molecular weight excluding hydrogens is 515 g/mol. The van der Waals surface area contributed by atoms with Crippen LogP contribution in [0.1, 0.15) is 27.0 Å². The number of hydrazone groups is 1. The molecule has 1 amide bonds. The number of amides is 1. The summed E-state index contributed by atoms with van der Waals surface area (Å²) in [6.45, 7) is 1.23. The summed E-state index contributed by atoms with van der Waals surface area (Å²) in [7, 11) is 0. The highest BCUT2D eigenvalue weighted by Gasteiger charge is 2.41. The van der Waals surface area contributed by atoms with Gasteiger partial charge in [-0.05, 0) is 42.5 Å². The molecule has 10 heteroatoms. The summed E-state index contributed by atoms with van der Waals surface area (Å²) in [5.41, 5.74) is 5.07. The molecule has 186 valence electrons. The lowest BCUT2D eigenvalue weighted by molar-refractivity contribution is -0.175. The number of nitrogens with one attached hydrogen (secondary N) is 1. The van der Waals surface area contributed by atoms with Crippen molar-refractivity contribution in [2.75, 3.05) is 13.2 Å². The first-order valence-electron chi connectivity index (χ1n) is 11.3. The second-order valence-corrected chi connectivity index (χ2v) is 9.18. The average molecular weight is 535 g/mol. The van der Waals surface area contributed by atoms with Gasteiger partial charge in [-0.1, -0.05) is 41.4 Å². The molecule has 1 aromatic heterocycles. The fourth-order valence-corrected chi connectivity index (χ4v) is 4.85. The summed E-state index contributed by atoms with van der Waals surface area (Å²) in [6.07, 6.45) is 3.47. The van der Waals surface area contributed by atoms with Crippen LogP contribution in [0.25, 0.3) is 10.9 Å². The van der Waals surface area contributed by atoms with Crippen LogP contribution in [0.2, 0.25) is 10.0 Å². The summed E-state index contributed by atoms with van der Waals surface area (Å²) in [5, 5.41) is 24.7. The van der Waals surface area contributed by atoms with Crippen molar-refractivity contribution in [2.24, 2.45) is 5.10 Å². The molecule has 1 fully saturated rings. The van der Waals surface area contributed by atoms with Crippen molar-refractivity contribution in [3.05, 3.63) is 99.2 Å². The Kier molecular flexibility index (Phi) is 6.87. The first-order valence-corrected chi connectivity index (χ1v) is 12.0. The number of ether oxygens (including phenoxy) is 2. The third kappa shape index (κ3) is 4.90. The number of phenols is 1. The predicted molar refractivity (Wildman–Crippen MR) is 140 cm³/mol. The highest BCUT2D eigenvalue weighted by Crippen LogP contribution is 2.39. The zero-order chi connectivity index (χ0) is 26.0. The molecule has 0 aliphatic carbocycles. The van der Waals surface area contributed by atoms with Crippen molar-refractivity contribution >= 4 is 46.2 Å². The number of carbonyl (C=O) groups excluding carboxylic acids is 1. The monoisotopic (exact) mass is 534 g/mol. The molecule has 8 nitrogen and oxygen atoms in total. The summed E-state index contributed by atoms with van der Waals surface area (Å²) in [6, 6.07) is 18.8. The Balaban J connectivity index is 1.39. The van der Waals surface area contributed by atoms with Crippen LogP contribution in [-0.2, 0) is 21.8 Å². The first kappa shape index (κ1) is 24.8. The summed E-state index contributed by atoms with van der Waals surface area (Å²) >= 11 is 12.6. The van der Waals surface area contributed by atoms with Crippen LogP contribution in [0.4, 0.5) is 0 Å². The van der Waals surface area contributed by atoms with E-state index in [-0.39, 0.29) is 16.9 Å². The molecule has 4 aromatic rings. The fourth-order valence-electron chi connectivity index (χ4n) is 4.30. The molecule has 0 unspecified atom stereocenters. The van der Waals surface area contributed by atoms with Gasteiger partial charge in [-0.3, -0.25) is 4.79 Å². The predicted octanol–water partition coefficient (Wildman–Crippen LogP) is 5.19. The molecule has 1 saturated heterocycles. The molecule has 1 aliphatic rings. The van der Waals surface area contributed by atoms with Crippen LogP contribution < -0.4 is 5.43 Å². The minimum absolute atomic E-state index is 0.00983. The number of hydrogen-bond acceptors (Lipinski definition) is 6. The number of aromatic hydroxyl groups is 1. The van der Waals surface area contributed by atoms with Crippen molar-refractivity contribution in [3.8, 4) is 11.8 Å². The van der Waals surface area contributed by atoms with E-state index in [1.807, 2.05) is 47.2 Å². The molecule has 5 rings (SSSR count). The Hall–Kier alpha value is -3.87. The van der Waals surface area contributed by atoms with E-state index in [0.29, 0.717) is 35.4 Å². The van der Waals surface area contributed by atoms with E-state index >= 15 is 0 Å². The van der Waals surface area contributed by atoms with Gasteiger partial charge in [-0.25, -0.2) is 5.43 Å². The van der Waals surface area contributed by atoms with Crippen LogP contribution >= 0.6 is 23.2 Å². The van der Waals surface area contributed by atoms with Gasteiger partial charge < -0.3 is 19.1 Å². The molecule has 37 heavy (non-hydrogen) atoms. The molecule has 0 bridgehead atoms. The largest absolute Gasteiger partial charge is 0.507 e. The van der Waals surface area contributed by atoms with Crippen molar-refractivity contribution in [3.63, 3.8) is 0 Å². The molecule has 3 aromatic carbocycles. The average Bonchev–Trinajstić information content (AvgIpc) is 3.53. The van der Waals surface area contributed by atoms with Crippen molar-refractivity contribution < 1.29 is 19.4 Å². The number of aromatic nitrogens is 1. The first-order chi connectivity index (χ1) is 17.9. The second kappa shape index (κ2) is 10.2. The van der Waals surface area contributed by atoms with Gasteiger partial charge in [-0.2, -0.15) is 10.4 Å². The van der Waals surface area contributed by atoms with Crippen LogP contribution in [0, 0.1) is 11.3 Å². The summed E-state index contributed by atoms with van der Waals surface area (Å²) in [4.78, 5) is 12.4. The second-order valence-electron chi connectivity index (χ2n) is 8.34. The van der Waals surface area contributed by atoms with E-state index in [1.165, 1.54) is 18.2 Å². The number of hydrogen-bond donors (Lipinski definition) is 2. The fraction of sp³-hybridized carbons (Fsp3) is 0.148. The quantitative estimate of drug-likeness (QED) is 0.261. The number of rotatable bonds is 6. The minimum atomic E-state index is -1.06. The highest BCUT2D eigenvalue weighted by atomic mass is 35.5. The highest BCUT2D eigenvalue weighted by molar-refractivity contribution is 6.35. The topological polar surface area (TPSA) is 109 Å². The lowest BCUT2D eigenvalue weighted by atomic mass is 10.1. The van der Waals surface area contributed by atoms with Crippen LogP contribution in [0.5, 0.6) is 5.75 Å². The van der Waals surface area contributed by atoms with Crippen molar-refractivity contribution in [2.45, 2.75) is 12.3 Å². The molecule has 0 spiro atoms. The van der Waals surface area contributed by atoms with Crippen molar-refractivity contribution in [1.82, 2.24) is 9.99 Å². The number of phenolic OH excluding ortho intramolecular Hbond substituents is 1. The van der Waals surface area contributed by atoms with E-state index in [2.05, 4.69) is 10.5 Å². The van der Waals surface area contributed by atoms with Gasteiger partial charge in [0.15, 0.2) is 0 Å². The standard InChI is InChI=1S/C27H20Cl2N4O4/c28-20-5-6-22(23(29)13-20)27(36-10-11-37-27)16-33-9-8-21-18(2-1-3-24(21)33)15-31-32-26(35)17-4-7-25(34)19(12-17)14-30/h1-9,12-13,15,34H,10-11,16H2,(H,32,35)/b31-15+. The minimum Gasteiger partial charge on any atom is -0.507 e. The lowest BCUT2D eigenvalue weighted by Gasteiger charge is -2.29. The van der Waals surface area contributed by atoms with Crippen LogP contribution in [0.15, 0.2) is 72.0 Å².